The Balaban J connectivity index is 1.52. The van der Waals surface area contributed by atoms with Gasteiger partial charge in [0.1, 0.15) is 0 Å². The summed E-state index contributed by atoms with van der Waals surface area (Å²) in [6.07, 6.45) is 7.74. The molecule has 1 amide bonds. The molecule has 0 spiro atoms. The Morgan fingerprint density at radius 3 is 2.96 bits per heavy atom. The molecule has 1 saturated carbocycles. The van der Waals surface area contributed by atoms with Gasteiger partial charge in [-0.15, -0.1) is 0 Å². The Bertz CT molecular complexity index is 724. The number of pyridine rings is 1. The van der Waals surface area contributed by atoms with Crippen molar-refractivity contribution >= 4 is 5.91 Å². The molecule has 24 heavy (non-hydrogen) atoms. The number of hydrogen-bond donors (Lipinski definition) is 0. The molecule has 1 fully saturated rings. The van der Waals surface area contributed by atoms with Crippen LogP contribution in [0, 0.1) is 5.92 Å². The van der Waals surface area contributed by atoms with E-state index in [4.69, 9.17) is 4.74 Å². The van der Waals surface area contributed by atoms with Crippen molar-refractivity contribution in [2.45, 2.75) is 25.3 Å². The second-order valence-corrected chi connectivity index (χ2v) is 6.78. The highest BCUT2D eigenvalue weighted by Gasteiger charge is 2.32. The van der Waals surface area contributed by atoms with E-state index in [2.05, 4.69) is 10.1 Å². The summed E-state index contributed by atoms with van der Waals surface area (Å²) in [5.74, 6) is 0.929. The maximum atomic E-state index is 12.8. The molecule has 2 aromatic rings. The van der Waals surface area contributed by atoms with E-state index < -0.39 is 0 Å². The maximum Gasteiger partial charge on any atom is 0.255 e. The molecule has 1 atom stereocenters. The van der Waals surface area contributed by atoms with Crippen LogP contribution in [0.25, 0.3) is 0 Å². The fourth-order valence-electron chi connectivity index (χ4n) is 3.38. The predicted octanol–water partition coefficient (Wildman–Crippen LogP) is 1.98. The van der Waals surface area contributed by atoms with E-state index >= 15 is 0 Å². The third-order valence-electron chi connectivity index (χ3n) is 4.82. The molecule has 0 radical (unpaired) electrons. The molecule has 0 N–H and O–H groups in total. The molecular formula is C18H22N4O2. The fraction of sp³-hybridized carbons (Fsp3) is 0.500. The average Bonchev–Trinajstić information content (AvgIpc) is 3.36. The zero-order valence-electron chi connectivity index (χ0n) is 13.9. The molecule has 1 aliphatic heterocycles. The average molecular weight is 326 g/mol. The van der Waals surface area contributed by atoms with Gasteiger partial charge < -0.3 is 9.64 Å². The van der Waals surface area contributed by atoms with E-state index in [9.17, 15) is 4.79 Å². The third kappa shape index (κ3) is 3.06. The lowest BCUT2D eigenvalue weighted by molar-refractivity contribution is 0.0621. The van der Waals surface area contributed by atoms with Gasteiger partial charge in [0.2, 0.25) is 0 Å². The van der Waals surface area contributed by atoms with Crippen molar-refractivity contribution in [1.82, 2.24) is 19.7 Å². The third-order valence-corrected chi connectivity index (χ3v) is 4.82. The normalized spacial score (nSPS) is 20.0. The first kappa shape index (κ1) is 15.3. The van der Waals surface area contributed by atoms with Crippen LogP contribution in [0.2, 0.25) is 0 Å². The second-order valence-electron chi connectivity index (χ2n) is 6.78. The second kappa shape index (κ2) is 6.36. The fourth-order valence-corrected chi connectivity index (χ4v) is 3.38. The Hall–Kier alpha value is -2.21. The van der Waals surface area contributed by atoms with E-state index in [0.29, 0.717) is 25.3 Å². The number of carbonyl (C=O) groups excluding carboxylic acids is 1. The number of carbonyl (C=O) groups is 1. The minimum Gasteiger partial charge on any atom is -0.380 e. The number of rotatable bonds is 5. The number of fused-ring (bicyclic) bond motifs is 1. The summed E-state index contributed by atoms with van der Waals surface area (Å²) in [5, 5.41) is 4.38. The zero-order valence-corrected chi connectivity index (χ0v) is 13.9. The highest BCUT2D eigenvalue weighted by molar-refractivity contribution is 5.94. The van der Waals surface area contributed by atoms with Gasteiger partial charge in [0, 0.05) is 50.6 Å². The van der Waals surface area contributed by atoms with Crippen LogP contribution in [0.5, 0.6) is 0 Å². The van der Waals surface area contributed by atoms with Crippen molar-refractivity contribution in [2.24, 2.45) is 13.0 Å². The number of ether oxygens (including phenoxy) is 1. The van der Waals surface area contributed by atoms with Crippen molar-refractivity contribution < 1.29 is 9.53 Å². The van der Waals surface area contributed by atoms with Crippen LogP contribution in [0.15, 0.2) is 30.7 Å². The van der Waals surface area contributed by atoms with Crippen LogP contribution in [0.3, 0.4) is 0 Å². The van der Waals surface area contributed by atoms with Gasteiger partial charge in [-0.2, -0.15) is 5.10 Å². The molecule has 6 heteroatoms. The van der Waals surface area contributed by atoms with Gasteiger partial charge in [-0.05, 0) is 30.9 Å². The van der Waals surface area contributed by atoms with E-state index in [-0.39, 0.29) is 11.8 Å². The van der Waals surface area contributed by atoms with E-state index in [1.165, 1.54) is 18.5 Å². The van der Waals surface area contributed by atoms with Gasteiger partial charge in [0.15, 0.2) is 0 Å². The first-order chi connectivity index (χ1) is 11.7. The lowest BCUT2D eigenvalue weighted by Gasteiger charge is -2.33. The molecule has 0 saturated heterocycles. The van der Waals surface area contributed by atoms with Crippen molar-refractivity contribution in [2.75, 3.05) is 19.8 Å². The largest absolute Gasteiger partial charge is 0.380 e. The van der Waals surface area contributed by atoms with Crippen molar-refractivity contribution in [3.63, 3.8) is 0 Å². The summed E-state index contributed by atoms with van der Waals surface area (Å²) in [6, 6.07) is 3.61. The predicted molar refractivity (Wildman–Crippen MR) is 88.5 cm³/mol. The quantitative estimate of drug-likeness (QED) is 0.843. The minimum absolute atomic E-state index is 0.0183. The highest BCUT2D eigenvalue weighted by Crippen LogP contribution is 2.32. The summed E-state index contributed by atoms with van der Waals surface area (Å²) in [6.45, 7) is 2.72. The molecule has 0 bridgehead atoms. The molecule has 6 nitrogen and oxygen atoms in total. The number of hydrogen-bond acceptors (Lipinski definition) is 4. The molecule has 3 heterocycles. The number of aryl methyl sites for hydroxylation is 1. The topological polar surface area (TPSA) is 60.2 Å². The molecule has 2 aromatic heterocycles. The maximum absolute atomic E-state index is 12.8. The molecule has 126 valence electrons. The summed E-state index contributed by atoms with van der Waals surface area (Å²) >= 11 is 0. The first-order valence-electron chi connectivity index (χ1n) is 8.50. The van der Waals surface area contributed by atoms with Crippen LogP contribution in [0.4, 0.5) is 0 Å². The standard InChI is InChI=1S/C18H22N4O2/c1-21-17-15(8-20-21)9-22(18(23)14-3-2-6-19-7-14)10-16(17)12-24-11-13-4-5-13/h2-3,6-8,13,16H,4-5,9-12H2,1H3/t16-/m0/s1. The van der Waals surface area contributed by atoms with Gasteiger partial charge in [-0.25, -0.2) is 0 Å². The van der Waals surface area contributed by atoms with Crippen molar-refractivity contribution in [3.8, 4) is 0 Å². The number of amides is 1. The minimum atomic E-state index is 0.0183. The van der Waals surface area contributed by atoms with Crippen LogP contribution in [-0.2, 0) is 18.3 Å². The Labute approximate surface area is 141 Å². The lowest BCUT2D eigenvalue weighted by atomic mass is 9.96. The Kier molecular flexibility index (Phi) is 4.06. The Morgan fingerprint density at radius 2 is 2.21 bits per heavy atom. The smallest absolute Gasteiger partial charge is 0.255 e. The lowest BCUT2D eigenvalue weighted by Crippen LogP contribution is -2.40. The van der Waals surface area contributed by atoms with E-state index in [0.717, 1.165) is 18.1 Å². The van der Waals surface area contributed by atoms with Crippen LogP contribution < -0.4 is 0 Å². The monoisotopic (exact) mass is 326 g/mol. The van der Waals surface area contributed by atoms with Gasteiger partial charge in [0.05, 0.1) is 24.1 Å². The van der Waals surface area contributed by atoms with Crippen LogP contribution >= 0.6 is 0 Å². The molecule has 0 unspecified atom stereocenters. The summed E-state index contributed by atoms with van der Waals surface area (Å²) < 4.78 is 7.84. The van der Waals surface area contributed by atoms with Crippen molar-refractivity contribution in [3.05, 3.63) is 47.5 Å². The molecule has 4 rings (SSSR count). The Morgan fingerprint density at radius 1 is 1.33 bits per heavy atom. The number of nitrogens with zero attached hydrogens (tertiary/aromatic N) is 4. The summed E-state index contributed by atoms with van der Waals surface area (Å²) in [7, 11) is 1.96. The zero-order chi connectivity index (χ0) is 16.5. The first-order valence-corrected chi connectivity index (χ1v) is 8.50. The SMILES string of the molecule is Cn1ncc2c1[C@H](COCC1CC1)CN(C(=O)c1cccnc1)C2. The summed E-state index contributed by atoms with van der Waals surface area (Å²) in [4.78, 5) is 18.7. The molecular weight excluding hydrogens is 304 g/mol. The molecule has 1 aliphatic carbocycles. The molecule has 0 aromatic carbocycles. The van der Waals surface area contributed by atoms with Gasteiger partial charge in [-0.3, -0.25) is 14.5 Å². The van der Waals surface area contributed by atoms with E-state index in [1.807, 2.05) is 28.9 Å². The van der Waals surface area contributed by atoms with Crippen molar-refractivity contribution in [1.29, 1.82) is 0 Å². The highest BCUT2D eigenvalue weighted by atomic mass is 16.5. The van der Waals surface area contributed by atoms with Gasteiger partial charge in [-0.1, -0.05) is 0 Å². The van der Waals surface area contributed by atoms with Crippen LogP contribution in [0.1, 0.15) is 40.4 Å². The van der Waals surface area contributed by atoms with Gasteiger partial charge in [0.25, 0.3) is 5.91 Å². The number of aromatic nitrogens is 3. The summed E-state index contributed by atoms with van der Waals surface area (Å²) in [5.41, 5.74) is 2.93. The van der Waals surface area contributed by atoms with E-state index in [1.54, 1.807) is 18.5 Å². The van der Waals surface area contributed by atoms with Gasteiger partial charge >= 0.3 is 0 Å². The van der Waals surface area contributed by atoms with Crippen LogP contribution in [-0.4, -0.2) is 45.3 Å². The molecule has 2 aliphatic rings.